The van der Waals surface area contributed by atoms with E-state index in [1.165, 1.54) is 87.2 Å². The highest BCUT2D eigenvalue weighted by atomic mass is 15.0. The van der Waals surface area contributed by atoms with Gasteiger partial charge in [0, 0.05) is 65.8 Å². The first-order valence-corrected chi connectivity index (χ1v) is 20.0. The molecule has 4 heteroatoms. The highest BCUT2D eigenvalue weighted by Crippen LogP contribution is 2.44. The molecule has 270 valence electrons. The largest absolute Gasteiger partial charge is 0.309 e. The van der Waals surface area contributed by atoms with Gasteiger partial charge in [0.05, 0.1) is 44.1 Å². The summed E-state index contributed by atoms with van der Waals surface area (Å²) < 4.78 is 9.74. The zero-order valence-corrected chi connectivity index (χ0v) is 31.4. The fraction of sp³-hybridized carbons (Fsp3) is 0. The Kier molecular flexibility index (Phi) is 6.41. The van der Waals surface area contributed by atoms with Crippen LogP contribution in [0.4, 0.5) is 0 Å². The molecule has 0 saturated carbocycles. The van der Waals surface area contributed by atoms with Gasteiger partial charge in [-0.2, -0.15) is 0 Å². The molecule has 0 radical (unpaired) electrons. The normalized spacial score (nSPS) is 12.1. The first-order chi connectivity index (χ1) is 28.8. The molecule has 13 aromatic rings. The van der Waals surface area contributed by atoms with E-state index in [-0.39, 0.29) is 0 Å². The molecule has 13 rings (SSSR count). The molecule has 0 saturated heterocycles. The third-order valence-electron chi connectivity index (χ3n) is 12.3. The molecule has 4 nitrogen and oxygen atoms in total. The number of fused-ring (bicyclic) bond motifs is 13. The minimum absolute atomic E-state index is 1.13. The predicted molar refractivity (Wildman–Crippen MR) is 244 cm³/mol. The molecule has 4 heterocycles. The predicted octanol–water partition coefficient (Wildman–Crippen LogP) is 14.1. The molecule has 0 amide bonds. The van der Waals surface area contributed by atoms with Crippen molar-refractivity contribution in [3.05, 3.63) is 206 Å². The van der Waals surface area contributed by atoms with Gasteiger partial charge in [-0.25, -0.2) is 0 Å². The maximum atomic E-state index is 2.46. The summed E-state index contributed by atoms with van der Waals surface area (Å²) in [5, 5.41) is 10.0. The molecule has 0 fully saturated rings. The van der Waals surface area contributed by atoms with Gasteiger partial charge in [-0.05, 0) is 91.0 Å². The third kappa shape index (κ3) is 4.23. The molecule has 0 aliphatic rings. The van der Waals surface area contributed by atoms with Crippen LogP contribution < -0.4 is 0 Å². The van der Waals surface area contributed by atoms with E-state index in [1.54, 1.807) is 0 Å². The lowest BCUT2D eigenvalue weighted by atomic mass is 10.1. The second-order valence-electron chi connectivity index (χ2n) is 15.3. The Hall–Kier alpha value is -7.82. The number of para-hydroxylation sites is 6. The van der Waals surface area contributed by atoms with Crippen molar-refractivity contribution in [3.8, 4) is 22.7 Å². The lowest BCUT2D eigenvalue weighted by molar-refractivity contribution is 1.13. The highest BCUT2D eigenvalue weighted by Gasteiger charge is 2.22. The standard InChI is InChI=1S/C54H34N4/c1-3-16-35(17-4-1)55-47-28-13-9-24-41(47)53-49(55)30-31-50-54(53)42-25-10-14-29-48(42)57(50)37-20-15-21-38(32-37)58-46-27-12-8-23-40(46)44-33-51-43(34-52(44)58)39-22-7-11-26-45(39)56(51)36-18-5-2-6-19-36/h1-34H. The summed E-state index contributed by atoms with van der Waals surface area (Å²) >= 11 is 0. The van der Waals surface area contributed by atoms with Crippen LogP contribution in [0.2, 0.25) is 0 Å². The summed E-state index contributed by atoms with van der Waals surface area (Å²) in [6, 6.07) is 75.4. The van der Waals surface area contributed by atoms with E-state index < -0.39 is 0 Å². The molecular formula is C54H34N4. The van der Waals surface area contributed by atoms with Crippen molar-refractivity contribution in [3.63, 3.8) is 0 Å². The Morgan fingerprint density at radius 3 is 0.983 bits per heavy atom. The average molecular weight is 739 g/mol. The zero-order valence-electron chi connectivity index (χ0n) is 31.4. The second-order valence-corrected chi connectivity index (χ2v) is 15.3. The maximum Gasteiger partial charge on any atom is 0.0548 e. The van der Waals surface area contributed by atoms with Gasteiger partial charge in [-0.15, -0.1) is 0 Å². The maximum absolute atomic E-state index is 2.46. The SMILES string of the molecule is c1ccc(-n2c3ccccc3c3cc4c(cc32)c2ccccc2n4-c2cccc(-n3c4ccccc4c4c5c6ccccc6n(-c6ccccc6)c5ccc43)c2)cc1. The van der Waals surface area contributed by atoms with Gasteiger partial charge in [0.2, 0.25) is 0 Å². The van der Waals surface area contributed by atoms with Crippen LogP contribution in [0, 0.1) is 0 Å². The van der Waals surface area contributed by atoms with Crippen molar-refractivity contribution in [2.24, 2.45) is 0 Å². The number of hydrogen-bond donors (Lipinski definition) is 0. The highest BCUT2D eigenvalue weighted by molar-refractivity contribution is 6.29. The van der Waals surface area contributed by atoms with Crippen molar-refractivity contribution in [1.29, 1.82) is 0 Å². The number of benzene rings is 9. The minimum Gasteiger partial charge on any atom is -0.309 e. The molecule has 0 bridgehead atoms. The molecule has 58 heavy (non-hydrogen) atoms. The van der Waals surface area contributed by atoms with Crippen LogP contribution in [-0.4, -0.2) is 18.3 Å². The first kappa shape index (κ1) is 31.4. The molecule has 0 atom stereocenters. The van der Waals surface area contributed by atoms with E-state index in [0.717, 1.165) is 22.7 Å². The molecule has 0 spiro atoms. The molecule has 0 aliphatic heterocycles. The van der Waals surface area contributed by atoms with Gasteiger partial charge in [0.15, 0.2) is 0 Å². The van der Waals surface area contributed by atoms with Crippen molar-refractivity contribution in [1.82, 2.24) is 18.3 Å². The van der Waals surface area contributed by atoms with Gasteiger partial charge < -0.3 is 18.3 Å². The van der Waals surface area contributed by atoms with Crippen LogP contribution >= 0.6 is 0 Å². The number of rotatable bonds is 4. The summed E-state index contributed by atoms with van der Waals surface area (Å²) in [4.78, 5) is 0. The molecule has 4 aromatic heterocycles. The van der Waals surface area contributed by atoms with Gasteiger partial charge >= 0.3 is 0 Å². The molecule has 9 aromatic carbocycles. The second kappa shape index (κ2) is 11.8. The summed E-state index contributed by atoms with van der Waals surface area (Å²) in [6.07, 6.45) is 0. The Balaban J connectivity index is 1.08. The van der Waals surface area contributed by atoms with Crippen LogP contribution in [0.15, 0.2) is 206 Å². The Morgan fingerprint density at radius 2 is 0.517 bits per heavy atom. The van der Waals surface area contributed by atoms with Crippen LogP contribution in [-0.2, 0) is 0 Å². The molecule has 0 N–H and O–H groups in total. The fourth-order valence-electron chi connectivity index (χ4n) is 9.99. The summed E-state index contributed by atoms with van der Waals surface area (Å²) in [6.45, 7) is 0. The van der Waals surface area contributed by atoms with Gasteiger partial charge in [-0.1, -0.05) is 115 Å². The smallest absolute Gasteiger partial charge is 0.0548 e. The van der Waals surface area contributed by atoms with E-state index >= 15 is 0 Å². The minimum atomic E-state index is 1.13. The lowest BCUT2D eigenvalue weighted by Gasteiger charge is -2.13. The number of hydrogen-bond acceptors (Lipinski definition) is 0. The average Bonchev–Trinajstić information content (AvgIpc) is 4.01. The Bertz CT molecular complexity index is 3720. The summed E-state index contributed by atoms with van der Waals surface area (Å²) in [7, 11) is 0. The fourth-order valence-corrected chi connectivity index (χ4v) is 9.99. The van der Waals surface area contributed by atoms with Crippen molar-refractivity contribution < 1.29 is 0 Å². The lowest BCUT2D eigenvalue weighted by Crippen LogP contribution is -1.98. The van der Waals surface area contributed by atoms with Crippen LogP contribution in [0.25, 0.3) is 110 Å². The molecule has 0 unspecified atom stereocenters. The van der Waals surface area contributed by atoms with Crippen molar-refractivity contribution in [2.45, 2.75) is 0 Å². The Morgan fingerprint density at radius 1 is 0.190 bits per heavy atom. The van der Waals surface area contributed by atoms with E-state index in [9.17, 15) is 0 Å². The van der Waals surface area contributed by atoms with E-state index in [0.29, 0.717) is 0 Å². The molecule has 0 aliphatic carbocycles. The van der Waals surface area contributed by atoms with E-state index in [4.69, 9.17) is 0 Å². The quantitative estimate of drug-likeness (QED) is 0.171. The van der Waals surface area contributed by atoms with Crippen LogP contribution in [0.3, 0.4) is 0 Å². The van der Waals surface area contributed by atoms with Gasteiger partial charge in [-0.3, -0.25) is 0 Å². The topological polar surface area (TPSA) is 19.7 Å². The monoisotopic (exact) mass is 738 g/mol. The van der Waals surface area contributed by atoms with Crippen molar-refractivity contribution in [2.75, 3.05) is 0 Å². The number of aromatic nitrogens is 4. The summed E-state index contributed by atoms with van der Waals surface area (Å²) in [5.41, 5.74) is 14.2. The third-order valence-corrected chi connectivity index (χ3v) is 12.3. The van der Waals surface area contributed by atoms with E-state index in [1.807, 2.05) is 0 Å². The van der Waals surface area contributed by atoms with E-state index in [2.05, 4.69) is 225 Å². The Labute approximate surface area is 333 Å². The molecular weight excluding hydrogens is 705 g/mol. The van der Waals surface area contributed by atoms with Crippen LogP contribution in [0.1, 0.15) is 0 Å². The number of nitrogens with zero attached hydrogens (tertiary/aromatic N) is 4. The van der Waals surface area contributed by atoms with Gasteiger partial charge in [0.25, 0.3) is 0 Å². The zero-order chi connectivity index (χ0) is 37.9. The van der Waals surface area contributed by atoms with Crippen molar-refractivity contribution >= 4 is 87.2 Å². The van der Waals surface area contributed by atoms with Gasteiger partial charge in [0.1, 0.15) is 0 Å². The van der Waals surface area contributed by atoms with Crippen LogP contribution in [0.5, 0.6) is 0 Å². The summed E-state index contributed by atoms with van der Waals surface area (Å²) in [5.74, 6) is 0. The first-order valence-electron chi connectivity index (χ1n) is 20.0.